The Morgan fingerprint density at radius 3 is 2.64 bits per heavy atom. The highest BCUT2D eigenvalue weighted by molar-refractivity contribution is 5.93. The standard InChI is InChI=1S/C21H30N4O3/c1-3-17-9-19-16(8-15(12-22-19)20(27)23-28)13-25(17)18-10-21(11-18)4-6-24(7-5-21)14(2)26/h8,12,17-18,28H,3-7,9-11,13H2,1-2H3,(H,23,27). The van der Waals surface area contributed by atoms with Crippen molar-refractivity contribution in [2.24, 2.45) is 5.41 Å². The molecule has 2 fully saturated rings. The van der Waals surface area contributed by atoms with Crippen molar-refractivity contribution < 1.29 is 14.8 Å². The molecule has 1 atom stereocenters. The summed E-state index contributed by atoms with van der Waals surface area (Å²) in [6, 6.07) is 2.92. The zero-order valence-corrected chi connectivity index (χ0v) is 16.8. The van der Waals surface area contributed by atoms with E-state index in [-0.39, 0.29) is 5.91 Å². The van der Waals surface area contributed by atoms with Crippen LogP contribution in [0.15, 0.2) is 12.3 Å². The van der Waals surface area contributed by atoms with Crippen LogP contribution in [0.1, 0.15) is 67.6 Å². The number of likely N-dealkylation sites (tertiary alicyclic amines) is 1. The van der Waals surface area contributed by atoms with Gasteiger partial charge in [-0.1, -0.05) is 6.92 Å². The SMILES string of the molecule is CCC1Cc2ncc(C(=O)NO)cc2CN1C1CC2(CCN(C(C)=O)CC2)C1. The van der Waals surface area contributed by atoms with Crippen LogP contribution in [-0.2, 0) is 17.8 Å². The molecule has 2 aliphatic heterocycles. The Morgan fingerprint density at radius 2 is 2.04 bits per heavy atom. The van der Waals surface area contributed by atoms with E-state index >= 15 is 0 Å². The summed E-state index contributed by atoms with van der Waals surface area (Å²) in [5.41, 5.74) is 4.67. The summed E-state index contributed by atoms with van der Waals surface area (Å²) >= 11 is 0. The zero-order valence-electron chi connectivity index (χ0n) is 16.8. The molecule has 1 aliphatic carbocycles. The van der Waals surface area contributed by atoms with Crippen molar-refractivity contribution in [1.82, 2.24) is 20.3 Å². The predicted octanol–water partition coefficient (Wildman–Crippen LogP) is 2.13. The predicted molar refractivity (Wildman–Crippen MR) is 104 cm³/mol. The van der Waals surface area contributed by atoms with E-state index in [9.17, 15) is 9.59 Å². The lowest BCUT2D eigenvalue weighted by Gasteiger charge is -2.57. The number of rotatable bonds is 3. The van der Waals surface area contributed by atoms with Crippen molar-refractivity contribution in [2.45, 2.75) is 71.0 Å². The lowest BCUT2D eigenvalue weighted by atomic mass is 9.59. The topological polar surface area (TPSA) is 85.8 Å². The average molecular weight is 386 g/mol. The number of carbonyl (C=O) groups excluding carboxylic acids is 2. The molecule has 0 aromatic carbocycles. The summed E-state index contributed by atoms with van der Waals surface area (Å²) in [7, 11) is 0. The van der Waals surface area contributed by atoms with Crippen LogP contribution < -0.4 is 5.48 Å². The first-order valence-corrected chi connectivity index (χ1v) is 10.4. The Morgan fingerprint density at radius 1 is 1.32 bits per heavy atom. The maximum absolute atomic E-state index is 11.7. The van der Waals surface area contributed by atoms with Gasteiger partial charge in [-0.05, 0) is 49.1 Å². The fourth-order valence-electron chi connectivity index (χ4n) is 5.40. The Labute approximate surface area is 166 Å². The lowest BCUT2D eigenvalue weighted by Crippen LogP contribution is -2.58. The van der Waals surface area contributed by atoms with Gasteiger partial charge in [0.2, 0.25) is 5.91 Å². The molecule has 4 rings (SSSR count). The second-order valence-corrected chi connectivity index (χ2v) is 8.78. The van der Waals surface area contributed by atoms with Crippen LogP contribution in [0, 0.1) is 5.41 Å². The number of amides is 2. The third-order valence-corrected chi connectivity index (χ3v) is 7.22. The molecule has 1 unspecified atom stereocenters. The molecule has 0 bridgehead atoms. The van der Waals surface area contributed by atoms with Gasteiger partial charge in [0.25, 0.3) is 5.91 Å². The minimum Gasteiger partial charge on any atom is -0.343 e. The van der Waals surface area contributed by atoms with Gasteiger partial charge in [-0.2, -0.15) is 0 Å². The Hall–Kier alpha value is -1.99. The van der Waals surface area contributed by atoms with E-state index in [1.807, 2.05) is 11.0 Å². The van der Waals surface area contributed by atoms with Crippen LogP contribution in [0.5, 0.6) is 0 Å². The molecule has 28 heavy (non-hydrogen) atoms. The smallest absolute Gasteiger partial charge is 0.276 e. The first-order valence-electron chi connectivity index (χ1n) is 10.4. The molecule has 1 aromatic heterocycles. The van der Waals surface area contributed by atoms with E-state index in [4.69, 9.17) is 5.21 Å². The highest BCUT2D eigenvalue weighted by atomic mass is 16.5. The van der Waals surface area contributed by atoms with E-state index in [2.05, 4.69) is 16.8 Å². The molecule has 1 aromatic rings. The second-order valence-electron chi connectivity index (χ2n) is 8.78. The molecule has 2 N–H and O–H groups in total. The zero-order chi connectivity index (χ0) is 19.9. The van der Waals surface area contributed by atoms with E-state index in [1.54, 1.807) is 18.6 Å². The molecule has 1 saturated heterocycles. The minimum absolute atomic E-state index is 0.194. The summed E-state index contributed by atoms with van der Waals surface area (Å²) in [4.78, 5) is 32.4. The molecule has 3 heterocycles. The first kappa shape index (κ1) is 19.3. The number of piperidine rings is 1. The van der Waals surface area contributed by atoms with Gasteiger partial charge in [0.15, 0.2) is 0 Å². The molecule has 7 nitrogen and oxygen atoms in total. The van der Waals surface area contributed by atoms with Crippen LogP contribution in [0.25, 0.3) is 0 Å². The number of hydrogen-bond donors (Lipinski definition) is 2. The van der Waals surface area contributed by atoms with E-state index in [0.717, 1.165) is 56.6 Å². The number of fused-ring (bicyclic) bond motifs is 1. The van der Waals surface area contributed by atoms with E-state index in [0.29, 0.717) is 23.1 Å². The number of hydrogen-bond acceptors (Lipinski definition) is 5. The third kappa shape index (κ3) is 3.42. The molecule has 2 amide bonds. The van der Waals surface area contributed by atoms with Gasteiger partial charge in [-0.25, -0.2) is 5.48 Å². The summed E-state index contributed by atoms with van der Waals surface area (Å²) in [6.07, 6.45) is 8.19. The van der Waals surface area contributed by atoms with Crippen molar-refractivity contribution in [1.29, 1.82) is 0 Å². The Balaban J connectivity index is 1.44. The number of pyridine rings is 1. The number of aromatic nitrogens is 1. The molecule has 7 heteroatoms. The lowest BCUT2D eigenvalue weighted by molar-refractivity contribution is -0.134. The summed E-state index contributed by atoms with van der Waals surface area (Å²) in [6.45, 7) is 6.50. The van der Waals surface area contributed by atoms with Crippen molar-refractivity contribution in [2.75, 3.05) is 13.1 Å². The molecular weight excluding hydrogens is 356 g/mol. The maximum atomic E-state index is 11.7. The molecule has 1 saturated carbocycles. The highest BCUT2D eigenvalue weighted by Crippen LogP contribution is 2.52. The second kappa shape index (κ2) is 7.44. The van der Waals surface area contributed by atoms with Gasteiger partial charge >= 0.3 is 0 Å². The van der Waals surface area contributed by atoms with Crippen LogP contribution in [-0.4, -0.2) is 57.0 Å². The summed E-state index contributed by atoms with van der Waals surface area (Å²) < 4.78 is 0. The van der Waals surface area contributed by atoms with Crippen LogP contribution in [0.2, 0.25) is 0 Å². The van der Waals surface area contributed by atoms with Gasteiger partial charge in [0.05, 0.1) is 5.56 Å². The quantitative estimate of drug-likeness (QED) is 0.614. The van der Waals surface area contributed by atoms with Crippen LogP contribution >= 0.6 is 0 Å². The fourth-order valence-corrected chi connectivity index (χ4v) is 5.40. The number of nitrogens with zero attached hydrogens (tertiary/aromatic N) is 3. The Kier molecular flexibility index (Phi) is 5.14. The molecular formula is C21H30N4O3. The molecule has 1 spiro atoms. The molecule has 3 aliphatic rings. The number of nitrogens with one attached hydrogen (secondary N) is 1. The average Bonchev–Trinajstić information content (AvgIpc) is 2.69. The van der Waals surface area contributed by atoms with Crippen molar-refractivity contribution in [3.63, 3.8) is 0 Å². The van der Waals surface area contributed by atoms with Gasteiger partial charge in [-0.15, -0.1) is 0 Å². The fraction of sp³-hybridized carbons (Fsp3) is 0.667. The largest absolute Gasteiger partial charge is 0.343 e. The van der Waals surface area contributed by atoms with Gasteiger partial charge < -0.3 is 4.90 Å². The Bertz CT molecular complexity index is 765. The summed E-state index contributed by atoms with van der Waals surface area (Å²) in [5.74, 6) is -0.320. The maximum Gasteiger partial charge on any atom is 0.276 e. The monoisotopic (exact) mass is 386 g/mol. The number of carbonyl (C=O) groups is 2. The number of hydroxylamine groups is 1. The van der Waals surface area contributed by atoms with Crippen molar-refractivity contribution in [3.05, 3.63) is 29.1 Å². The molecule has 0 radical (unpaired) electrons. The van der Waals surface area contributed by atoms with Crippen LogP contribution in [0.4, 0.5) is 0 Å². The highest BCUT2D eigenvalue weighted by Gasteiger charge is 2.49. The first-order chi connectivity index (χ1) is 13.4. The van der Waals surface area contributed by atoms with Crippen molar-refractivity contribution >= 4 is 11.8 Å². The van der Waals surface area contributed by atoms with Gasteiger partial charge in [0.1, 0.15) is 0 Å². The third-order valence-electron chi connectivity index (χ3n) is 7.22. The molecule has 152 valence electrons. The minimum atomic E-state index is -0.515. The van der Waals surface area contributed by atoms with E-state index in [1.165, 1.54) is 12.8 Å². The normalized spacial score (nSPS) is 24.5. The summed E-state index contributed by atoms with van der Waals surface area (Å²) in [5, 5.41) is 8.89. The van der Waals surface area contributed by atoms with Gasteiger partial charge in [0, 0.05) is 57.0 Å². The van der Waals surface area contributed by atoms with E-state index < -0.39 is 5.91 Å². The van der Waals surface area contributed by atoms with Crippen molar-refractivity contribution in [3.8, 4) is 0 Å². The van der Waals surface area contributed by atoms with Crippen LogP contribution in [0.3, 0.4) is 0 Å². The van der Waals surface area contributed by atoms with Gasteiger partial charge in [-0.3, -0.25) is 24.7 Å².